The molecular formula is C32H33N3O4. The van der Waals surface area contributed by atoms with E-state index in [0.717, 1.165) is 35.7 Å². The summed E-state index contributed by atoms with van der Waals surface area (Å²) in [6.07, 6.45) is 8.07. The monoisotopic (exact) mass is 523 g/mol. The van der Waals surface area contributed by atoms with Crippen molar-refractivity contribution in [2.75, 3.05) is 7.05 Å². The van der Waals surface area contributed by atoms with Gasteiger partial charge < -0.3 is 14.3 Å². The van der Waals surface area contributed by atoms with Gasteiger partial charge in [-0.05, 0) is 92.4 Å². The second-order valence-electron chi connectivity index (χ2n) is 10.7. The van der Waals surface area contributed by atoms with Crippen LogP contribution in [0.1, 0.15) is 47.2 Å². The van der Waals surface area contributed by atoms with Crippen LogP contribution in [-0.4, -0.2) is 51.0 Å². The van der Waals surface area contributed by atoms with Crippen molar-refractivity contribution in [1.82, 2.24) is 14.8 Å². The molecule has 3 aromatic carbocycles. The van der Waals surface area contributed by atoms with Crippen molar-refractivity contribution in [3.63, 3.8) is 0 Å². The Balaban J connectivity index is 1.02. The summed E-state index contributed by atoms with van der Waals surface area (Å²) < 4.78 is 11.4. The van der Waals surface area contributed by atoms with E-state index in [1.165, 1.54) is 31.2 Å². The van der Waals surface area contributed by atoms with Crippen LogP contribution in [0.5, 0.6) is 11.5 Å². The number of hydrogen-bond acceptors (Lipinski definition) is 6. The average Bonchev–Trinajstić information content (AvgIpc) is 3.56. The number of carbonyl (C=O) groups is 1. The molecule has 7 nitrogen and oxygen atoms in total. The summed E-state index contributed by atoms with van der Waals surface area (Å²) in [6.45, 7) is 1.81. The highest BCUT2D eigenvalue weighted by atomic mass is 16.5. The van der Waals surface area contributed by atoms with Crippen molar-refractivity contribution in [1.29, 1.82) is 0 Å². The first kappa shape index (κ1) is 25.3. The van der Waals surface area contributed by atoms with Gasteiger partial charge in [0, 0.05) is 36.8 Å². The standard InChI is InChI=1S/C32H33N3O4/c1-34(20-22-2-6-25(7-3-22)32(36)37)28-18-26-10-11-27(19-28)35(26)21-23-4-12-29(13-5-23)39-30-14-8-24(9-15-30)31-33-16-17-38-31/h2-9,12-17,26-28H,10-11,18-21H2,1H3,(H,36,37). The number of hydrogen-bond donors (Lipinski definition) is 1. The topological polar surface area (TPSA) is 79.0 Å². The largest absolute Gasteiger partial charge is 0.478 e. The summed E-state index contributed by atoms with van der Waals surface area (Å²) in [7, 11) is 2.20. The molecule has 2 aliphatic rings. The van der Waals surface area contributed by atoms with Crippen LogP contribution in [0.3, 0.4) is 0 Å². The number of aromatic nitrogens is 1. The van der Waals surface area contributed by atoms with E-state index in [1.54, 1.807) is 24.6 Å². The Morgan fingerprint density at radius 2 is 1.56 bits per heavy atom. The Kier molecular flexibility index (Phi) is 7.18. The lowest BCUT2D eigenvalue weighted by atomic mass is 9.95. The maximum absolute atomic E-state index is 11.1. The summed E-state index contributed by atoms with van der Waals surface area (Å²) >= 11 is 0. The zero-order valence-electron chi connectivity index (χ0n) is 22.1. The summed E-state index contributed by atoms with van der Waals surface area (Å²) in [5.41, 5.74) is 3.72. The molecule has 0 radical (unpaired) electrons. The normalized spacial score (nSPS) is 20.8. The van der Waals surface area contributed by atoms with Crippen LogP contribution < -0.4 is 4.74 Å². The van der Waals surface area contributed by atoms with E-state index >= 15 is 0 Å². The molecule has 3 heterocycles. The molecule has 2 fully saturated rings. The van der Waals surface area contributed by atoms with E-state index in [4.69, 9.17) is 14.3 Å². The molecule has 2 unspecified atom stereocenters. The number of benzene rings is 3. The second-order valence-corrected chi connectivity index (χ2v) is 10.7. The van der Waals surface area contributed by atoms with Crippen molar-refractivity contribution < 1.29 is 19.1 Å². The minimum atomic E-state index is -0.879. The number of fused-ring (bicyclic) bond motifs is 2. The molecule has 0 amide bonds. The van der Waals surface area contributed by atoms with E-state index in [9.17, 15) is 4.79 Å². The molecule has 2 bridgehead atoms. The Labute approximate surface area is 228 Å². The van der Waals surface area contributed by atoms with Crippen LogP contribution in [0.15, 0.2) is 89.7 Å². The summed E-state index contributed by atoms with van der Waals surface area (Å²) in [5, 5.41) is 9.14. The lowest BCUT2D eigenvalue weighted by Crippen LogP contribution is -2.48. The fourth-order valence-electron chi connectivity index (χ4n) is 6.07. The molecule has 2 saturated heterocycles. The van der Waals surface area contributed by atoms with Gasteiger partial charge in [-0.25, -0.2) is 9.78 Å². The molecule has 200 valence electrons. The van der Waals surface area contributed by atoms with Crippen molar-refractivity contribution >= 4 is 5.97 Å². The molecule has 0 saturated carbocycles. The Morgan fingerprint density at radius 1 is 0.949 bits per heavy atom. The molecule has 7 heteroatoms. The molecule has 0 aliphatic carbocycles. The Morgan fingerprint density at radius 3 is 2.15 bits per heavy atom. The van der Waals surface area contributed by atoms with Gasteiger partial charge in [0.1, 0.15) is 17.8 Å². The minimum absolute atomic E-state index is 0.338. The smallest absolute Gasteiger partial charge is 0.335 e. The van der Waals surface area contributed by atoms with Crippen LogP contribution in [0.2, 0.25) is 0 Å². The van der Waals surface area contributed by atoms with Gasteiger partial charge >= 0.3 is 5.97 Å². The number of carboxylic acid groups (broad SMARTS) is 1. The van der Waals surface area contributed by atoms with Gasteiger partial charge in [-0.3, -0.25) is 9.80 Å². The van der Waals surface area contributed by atoms with Crippen LogP contribution in [0, 0.1) is 0 Å². The number of piperidine rings is 1. The predicted octanol–water partition coefficient (Wildman–Crippen LogP) is 6.46. The highest BCUT2D eigenvalue weighted by molar-refractivity contribution is 5.87. The first-order chi connectivity index (χ1) is 19.0. The van der Waals surface area contributed by atoms with Gasteiger partial charge in [-0.2, -0.15) is 0 Å². The fourth-order valence-corrected chi connectivity index (χ4v) is 6.07. The molecule has 39 heavy (non-hydrogen) atoms. The number of ether oxygens (including phenoxy) is 1. The van der Waals surface area contributed by atoms with Gasteiger partial charge in [0.05, 0.1) is 11.8 Å². The van der Waals surface area contributed by atoms with Crippen LogP contribution in [0.25, 0.3) is 11.5 Å². The molecule has 2 atom stereocenters. The maximum Gasteiger partial charge on any atom is 0.335 e. The maximum atomic E-state index is 11.1. The number of rotatable bonds is 9. The van der Waals surface area contributed by atoms with E-state index < -0.39 is 5.97 Å². The van der Waals surface area contributed by atoms with Crippen LogP contribution in [0.4, 0.5) is 0 Å². The lowest BCUT2D eigenvalue weighted by molar-refractivity contribution is 0.0621. The second kappa shape index (κ2) is 11.0. The van der Waals surface area contributed by atoms with Crippen LogP contribution in [-0.2, 0) is 13.1 Å². The quantitative estimate of drug-likeness (QED) is 0.270. The van der Waals surface area contributed by atoms with E-state index in [-0.39, 0.29) is 0 Å². The summed E-state index contributed by atoms with van der Waals surface area (Å²) in [6, 6.07) is 25.2. The molecule has 1 aromatic heterocycles. The van der Waals surface area contributed by atoms with Gasteiger partial charge in [-0.15, -0.1) is 0 Å². The van der Waals surface area contributed by atoms with Crippen LogP contribution >= 0.6 is 0 Å². The van der Waals surface area contributed by atoms with Crippen molar-refractivity contribution in [2.24, 2.45) is 0 Å². The van der Waals surface area contributed by atoms with Gasteiger partial charge in [-0.1, -0.05) is 24.3 Å². The van der Waals surface area contributed by atoms with Gasteiger partial charge in [0.25, 0.3) is 0 Å². The predicted molar refractivity (Wildman–Crippen MR) is 149 cm³/mol. The summed E-state index contributed by atoms with van der Waals surface area (Å²) in [5.74, 6) is 1.32. The third-order valence-corrected chi connectivity index (χ3v) is 8.17. The number of aromatic carboxylic acids is 1. The van der Waals surface area contributed by atoms with Crippen molar-refractivity contribution in [3.8, 4) is 23.0 Å². The first-order valence-electron chi connectivity index (χ1n) is 13.6. The van der Waals surface area contributed by atoms with E-state index in [2.05, 4.69) is 46.1 Å². The molecule has 0 spiro atoms. The van der Waals surface area contributed by atoms with Crippen molar-refractivity contribution in [2.45, 2.75) is 56.9 Å². The third kappa shape index (κ3) is 5.75. The minimum Gasteiger partial charge on any atom is -0.478 e. The first-order valence-corrected chi connectivity index (χ1v) is 13.6. The van der Waals surface area contributed by atoms with Gasteiger partial charge in [0.2, 0.25) is 5.89 Å². The average molecular weight is 524 g/mol. The zero-order valence-corrected chi connectivity index (χ0v) is 22.1. The molecule has 6 rings (SSSR count). The summed E-state index contributed by atoms with van der Waals surface area (Å²) in [4.78, 5) is 20.5. The number of carboxylic acids is 1. The molecular weight excluding hydrogens is 490 g/mol. The Hall–Kier alpha value is -3.94. The highest BCUT2D eigenvalue weighted by Crippen LogP contribution is 2.39. The zero-order chi connectivity index (χ0) is 26.8. The molecule has 2 aliphatic heterocycles. The van der Waals surface area contributed by atoms with Gasteiger partial charge in [0.15, 0.2) is 0 Å². The van der Waals surface area contributed by atoms with E-state index in [1.807, 2.05) is 36.4 Å². The number of oxazole rings is 1. The van der Waals surface area contributed by atoms with Crippen molar-refractivity contribution in [3.05, 3.63) is 102 Å². The van der Waals surface area contributed by atoms with E-state index in [0.29, 0.717) is 29.6 Å². The number of nitrogens with zero attached hydrogens (tertiary/aromatic N) is 3. The lowest BCUT2D eigenvalue weighted by Gasteiger charge is -2.42. The highest BCUT2D eigenvalue weighted by Gasteiger charge is 2.41. The molecule has 1 N–H and O–H groups in total. The molecule has 4 aromatic rings. The third-order valence-electron chi connectivity index (χ3n) is 8.17. The Bertz CT molecular complexity index is 1370. The fraction of sp³-hybridized carbons (Fsp3) is 0.312. The SMILES string of the molecule is CN(Cc1ccc(C(=O)O)cc1)C1CC2CCC(C1)N2Cc1ccc(Oc2ccc(-c3ncco3)cc2)cc1.